The molecule has 0 bridgehead atoms. The van der Waals surface area contributed by atoms with Crippen molar-refractivity contribution in [3.8, 4) is 0 Å². The van der Waals surface area contributed by atoms with Gasteiger partial charge in [0.25, 0.3) is 0 Å². The summed E-state index contributed by atoms with van der Waals surface area (Å²) in [5, 5.41) is 3.49. The van der Waals surface area contributed by atoms with Crippen LogP contribution in [0.1, 0.15) is 53.4 Å². The molecule has 0 aromatic rings. The summed E-state index contributed by atoms with van der Waals surface area (Å²) in [6, 6.07) is 0.605. The monoisotopic (exact) mass is 437 g/mol. The minimum atomic E-state index is -0.441. The first-order valence-electron chi connectivity index (χ1n) is 12.2. The number of likely N-dealkylation sites (tertiary alicyclic amines) is 2. The summed E-state index contributed by atoms with van der Waals surface area (Å²) in [6.45, 7) is 17.1. The van der Waals surface area contributed by atoms with Crippen LogP contribution < -0.4 is 5.32 Å². The van der Waals surface area contributed by atoms with E-state index in [1.807, 2.05) is 25.7 Å². The van der Waals surface area contributed by atoms with Crippen LogP contribution in [0, 0.1) is 5.92 Å². The summed E-state index contributed by atoms with van der Waals surface area (Å²) in [7, 11) is 0. The Morgan fingerprint density at radius 2 is 1.87 bits per heavy atom. The van der Waals surface area contributed by atoms with Gasteiger partial charge in [-0.2, -0.15) is 0 Å². The van der Waals surface area contributed by atoms with Gasteiger partial charge in [0.15, 0.2) is 5.96 Å². The molecule has 0 aromatic heterocycles. The first-order chi connectivity index (χ1) is 14.9. The third-order valence-electron chi connectivity index (χ3n) is 6.33. The third-order valence-corrected chi connectivity index (χ3v) is 6.33. The molecule has 0 spiro atoms. The lowest BCUT2D eigenvalue weighted by Crippen LogP contribution is -2.46. The molecule has 0 saturated carbocycles. The van der Waals surface area contributed by atoms with E-state index < -0.39 is 5.60 Å². The van der Waals surface area contributed by atoms with Gasteiger partial charge in [-0.3, -0.25) is 9.89 Å². The highest BCUT2D eigenvalue weighted by atomic mass is 16.6. The smallest absolute Gasteiger partial charge is 0.410 e. The van der Waals surface area contributed by atoms with Gasteiger partial charge in [-0.05, 0) is 59.3 Å². The highest BCUT2D eigenvalue weighted by Crippen LogP contribution is 2.22. The molecule has 1 N–H and O–H groups in total. The van der Waals surface area contributed by atoms with Crippen LogP contribution in [0.4, 0.5) is 4.79 Å². The Bertz CT molecular complexity index is 601. The summed E-state index contributed by atoms with van der Waals surface area (Å²) in [4.78, 5) is 24.2. The highest BCUT2D eigenvalue weighted by molar-refractivity contribution is 5.80. The van der Waals surface area contributed by atoms with E-state index in [1.54, 1.807) is 0 Å². The molecule has 3 fully saturated rings. The van der Waals surface area contributed by atoms with E-state index in [9.17, 15) is 4.79 Å². The fraction of sp³-hybridized carbons (Fsp3) is 0.913. The molecule has 1 amide bonds. The van der Waals surface area contributed by atoms with Gasteiger partial charge in [0.1, 0.15) is 5.60 Å². The zero-order valence-electron chi connectivity index (χ0n) is 20.1. The number of aliphatic imine (C=N–C) groups is 1. The SMILES string of the molecule is CCNC(=NCCC1CCCN(C(=O)OC(C)(C)C)C1)N1CCC(N2CCOCC2)C1. The summed E-state index contributed by atoms with van der Waals surface area (Å²) < 4.78 is 11.1. The molecule has 3 heterocycles. The lowest BCUT2D eigenvalue weighted by molar-refractivity contribution is 0.0163. The lowest BCUT2D eigenvalue weighted by atomic mass is 9.95. The predicted molar refractivity (Wildman–Crippen MR) is 123 cm³/mol. The second kappa shape index (κ2) is 11.4. The van der Waals surface area contributed by atoms with E-state index in [-0.39, 0.29) is 6.09 Å². The van der Waals surface area contributed by atoms with Crippen molar-refractivity contribution in [2.24, 2.45) is 10.9 Å². The molecule has 178 valence electrons. The molecule has 3 saturated heterocycles. The van der Waals surface area contributed by atoms with Crippen LogP contribution in [-0.4, -0.2) is 104 Å². The number of hydrogen-bond donors (Lipinski definition) is 1. The summed E-state index contributed by atoms with van der Waals surface area (Å²) in [6.07, 6.45) is 4.22. The number of rotatable bonds is 5. The summed E-state index contributed by atoms with van der Waals surface area (Å²) in [5.41, 5.74) is -0.441. The Morgan fingerprint density at radius 3 is 2.58 bits per heavy atom. The molecule has 31 heavy (non-hydrogen) atoms. The van der Waals surface area contributed by atoms with Crippen LogP contribution >= 0.6 is 0 Å². The van der Waals surface area contributed by atoms with Crippen molar-refractivity contribution in [3.05, 3.63) is 0 Å². The maximum atomic E-state index is 12.4. The van der Waals surface area contributed by atoms with Crippen molar-refractivity contribution in [3.63, 3.8) is 0 Å². The van der Waals surface area contributed by atoms with Gasteiger partial charge >= 0.3 is 6.09 Å². The van der Waals surface area contributed by atoms with Crippen LogP contribution in [0.25, 0.3) is 0 Å². The average Bonchev–Trinajstić information content (AvgIpc) is 3.23. The van der Waals surface area contributed by atoms with Gasteiger partial charge in [-0.25, -0.2) is 4.79 Å². The zero-order chi connectivity index (χ0) is 22.3. The quantitative estimate of drug-likeness (QED) is 0.526. The van der Waals surface area contributed by atoms with E-state index >= 15 is 0 Å². The maximum Gasteiger partial charge on any atom is 0.410 e. The van der Waals surface area contributed by atoms with Gasteiger partial charge in [0.2, 0.25) is 0 Å². The Labute approximate surface area is 188 Å². The van der Waals surface area contributed by atoms with Crippen LogP contribution in [-0.2, 0) is 9.47 Å². The fourth-order valence-corrected chi connectivity index (χ4v) is 4.75. The number of carbonyl (C=O) groups excluding carboxylic acids is 1. The van der Waals surface area contributed by atoms with E-state index in [2.05, 4.69) is 22.0 Å². The predicted octanol–water partition coefficient (Wildman–Crippen LogP) is 2.40. The normalized spacial score (nSPS) is 26.3. The first-order valence-corrected chi connectivity index (χ1v) is 12.2. The molecule has 8 heteroatoms. The van der Waals surface area contributed by atoms with Crippen LogP contribution in [0.3, 0.4) is 0 Å². The Kier molecular flexibility index (Phi) is 8.84. The van der Waals surface area contributed by atoms with Crippen molar-refractivity contribution >= 4 is 12.1 Å². The molecule has 3 rings (SSSR count). The number of nitrogens with zero attached hydrogens (tertiary/aromatic N) is 4. The molecule has 8 nitrogen and oxygen atoms in total. The second-order valence-electron chi connectivity index (χ2n) is 10.00. The molecule has 0 aliphatic carbocycles. The molecule has 0 aromatic carbocycles. The highest BCUT2D eigenvalue weighted by Gasteiger charge is 2.31. The number of amides is 1. The fourth-order valence-electron chi connectivity index (χ4n) is 4.75. The van der Waals surface area contributed by atoms with Crippen molar-refractivity contribution in [1.29, 1.82) is 0 Å². The van der Waals surface area contributed by atoms with Gasteiger partial charge in [0.05, 0.1) is 13.2 Å². The molecular weight excluding hydrogens is 394 g/mol. The minimum absolute atomic E-state index is 0.180. The van der Waals surface area contributed by atoms with E-state index in [0.717, 1.165) is 90.8 Å². The number of hydrogen-bond acceptors (Lipinski definition) is 5. The number of piperidine rings is 1. The van der Waals surface area contributed by atoms with Crippen LogP contribution in [0.2, 0.25) is 0 Å². The minimum Gasteiger partial charge on any atom is -0.444 e. The van der Waals surface area contributed by atoms with Crippen molar-refractivity contribution in [1.82, 2.24) is 20.0 Å². The van der Waals surface area contributed by atoms with Gasteiger partial charge in [0, 0.05) is 58.4 Å². The number of nitrogens with one attached hydrogen (secondary N) is 1. The molecule has 2 unspecified atom stereocenters. The average molecular weight is 438 g/mol. The molecule has 0 radical (unpaired) electrons. The topological polar surface area (TPSA) is 69.6 Å². The Morgan fingerprint density at radius 1 is 1.10 bits per heavy atom. The second-order valence-corrected chi connectivity index (χ2v) is 10.00. The Balaban J connectivity index is 1.47. The first kappa shape index (κ1) is 24.1. The maximum absolute atomic E-state index is 12.4. The lowest BCUT2D eigenvalue weighted by Gasteiger charge is -2.34. The zero-order valence-corrected chi connectivity index (χ0v) is 20.1. The molecule has 3 aliphatic rings. The van der Waals surface area contributed by atoms with Gasteiger partial charge < -0.3 is 24.6 Å². The van der Waals surface area contributed by atoms with E-state index in [4.69, 9.17) is 14.5 Å². The van der Waals surface area contributed by atoms with E-state index in [1.165, 1.54) is 6.42 Å². The number of ether oxygens (including phenoxy) is 2. The molecule has 2 atom stereocenters. The van der Waals surface area contributed by atoms with Crippen molar-refractivity contribution < 1.29 is 14.3 Å². The van der Waals surface area contributed by atoms with Crippen LogP contribution in [0.5, 0.6) is 0 Å². The third kappa shape index (κ3) is 7.52. The number of guanidine groups is 1. The van der Waals surface area contributed by atoms with E-state index in [0.29, 0.717) is 12.0 Å². The number of carbonyl (C=O) groups is 1. The summed E-state index contributed by atoms with van der Waals surface area (Å²) in [5.74, 6) is 1.53. The largest absolute Gasteiger partial charge is 0.444 e. The molecule has 3 aliphatic heterocycles. The molecular formula is C23H43N5O3. The van der Waals surface area contributed by atoms with Crippen molar-refractivity contribution in [2.45, 2.75) is 65.0 Å². The summed E-state index contributed by atoms with van der Waals surface area (Å²) >= 11 is 0. The van der Waals surface area contributed by atoms with Crippen molar-refractivity contribution in [2.75, 3.05) is 65.6 Å². The Hall–Kier alpha value is -1.54. The standard InChI is InChI=1S/C23H43N5O3/c1-5-24-21(27-12-9-20(18-27)26-13-15-30-16-14-26)25-10-8-19-7-6-11-28(17-19)22(29)31-23(2,3)4/h19-20H,5-18H2,1-4H3,(H,24,25). The van der Waals surface area contributed by atoms with Gasteiger partial charge in [-0.1, -0.05) is 0 Å². The van der Waals surface area contributed by atoms with Crippen LogP contribution in [0.15, 0.2) is 4.99 Å². The number of morpholine rings is 1. The van der Waals surface area contributed by atoms with Gasteiger partial charge in [-0.15, -0.1) is 0 Å².